The van der Waals surface area contributed by atoms with E-state index in [1.807, 2.05) is 30.3 Å². The molecule has 1 aliphatic rings. The number of hydrogen-bond donors (Lipinski definition) is 2. The summed E-state index contributed by atoms with van der Waals surface area (Å²) in [5.74, 6) is 2.03. The third-order valence-corrected chi connectivity index (χ3v) is 5.60. The lowest BCUT2D eigenvalue weighted by Gasteiger charge is -2.28. The van der Waals surface area contributed by atoms with Crippen molar-refractivity contribution in [3.63, 3.8) is 0 Å². The highest BCUT2D eigenvalue weighted by atomic mass is 35.5. The van der Waals surface area contributed by atoms with Crippen molar-refractivity contribution in [3.05, 3.63) is 64.3 Å². The number of halogens is 1. The fourth-order valence-electron chi connectivity index (χ4n) is 3.66. The number of hydroxylamine groups is 1. The van der Waals surface area contributed by atoms with Gasteiger partial charge in [-0.3, -0.25) is 10.3 Å². The van der Waals surface area contributed by atoms with Gasteiger partial charge in [-0.15, -0.1) is 10.2 Å². The molecule has 0 bridgehead atoms. The van der Waals surface area contributed by atoms with Crippen LogP contribution in [-0.4, -0.2) is 37.5 Å². The molecule has 0 atom stereocenters. The summed E-state index contributed by atoms with van der Waals surface area (Å²) in [6.45, 7) is 1.97. The zero-order valence-corrected chi connectivity index (χ0v) is 18.6. The predicted molar refractivity (Wildman–Crippen MR) is 125 cm³/mol. The molecule has 0 saturated heterocycles. The van der Waals surface area contributed by atoms with Gasteiger partial charge in [-0.2, -0.15) is 5.26 Å². The molecule has 3 aromatic rings. The smallest absolute Gasteiger partial charge is 0.159 e. The van der Waals surface area contributed by atoms with Gasteiger partial charge in [0, 0.05) is 42.5 Å². The van der Waals surface area contributed by atoms with Crippen LogP contribution in [-0.2, 0) is 11.4 Å². The number of methoxy groups -OCH3 is 1. The standard InChI is InChI=1S/C23H23ClN6O2/c1-31-21-6-4-16(12-20(21)24)14-26-22-19-11-15(13-25)3-5-18(19)23(28-27-22)30-9-7-17(8-10-30)29-32-2/h3-7,11-12,29H,8-10,14H2,1-2H3,(H,26,27). The van der Waals surface area contributed by atoms with Crippen LogP contribution in [0.5, 0.6) is 5.75 Å². The number of anilines is 2. The van der Waals surface area contributed by atoms with Crippen LogP contribution in [0.1, 0.15) is 17.5 Å². The molecule has 0 radical (unpaired) electrons. The molecular formula is C23H23ClN6O2. The van der Waals surface area contributed by atoms with E-state index in [9.17, 15) is 5.26 Å². The van der Waals surface area contributed by atoms with Gasteiger partial charge in [-0.25, -0.2) is 0 Å². The van der Waals surface area contributed by atoms with Crippen LogP contribution in [0.3, 0.4) is 0 Å². The number of fused-ring (bicyclic) bond motifs is 1. The average molecular weight is 451 g/mol. The summed E-state index contributed by atoms with van der Waals surface area (Å²) in [6.07, 6.45) is 2.88. The number of hydrogen-bond acceptors (Lipinski definition) is 8. The van der Waals surface area contributed by atoms with E-state index >= 15 is 0 Å². The molecule has 0 aliphatic carbocycles. The number of aromatic nitrogens is 2. The van der Waals surface area contributed by atoms with Gasteiger partial charge < -0.3 is 15.0 Å². The van der Waals surface area contributed by atoms with Gasteiger partial charge in [-0.05, 0) is 42.0 Å². The van der Waals surface area contributed by atoms with E-state index in [0.29, 0.717) is 35.2 Å². The summed E-state index contributed by atoms with van der Waals surface area (Å²) in [5, 5.41) is 24.0. The molecule has 2 N–H and O–H groups in total. The zero-order chi connectivity index (χ0) is 22.5. The van der Waals surface area contributed by atoms with E-state index in [1.54, 1.807) is 20.3 Å². The molecule has 4 rings (SSSR count). The molecule has 1 aromatic heterocycles. The van der Waals surface area contributed by atoms with E-state index in [4.69, 9.17) is 21.2 Å². The highest BCUT2D eigenvalue weighted by Gasteiger charge is 2.18. The molecule has 2 heterocycles. The Morgan fingerprint density at radius 1 is 1.16 bits per heavy atom. The van der Waals surface area contributed by atoms with Crippen molar-refractivity contribution in [1.82, 2.24) is 15.7 Å². The SMILES string of the molecule is CONC1=CCN(c2nnc(NCc3ccc(OC)c(Cl)c3)c3cc(C#N)ccc23)CC1. The summed E-state index contributed by atoms with van der Waals surface area (Å²) in [6, 6.07) is 13.4. The van der Waals surface area contributed by atoms with Crippen LogP contribution in [0, 0.1) is 11.3 Å². The minimum atomic E-state index is 0.502. The minimum Gasteiger partial charge on any atom is -0.495 e. The maximum atomic E-state index is 9.40. The first kappa shape index (κ1) is 21.7. The predicted octanol–water partition coefficient (Wildman–Crippen LogP) is 4.02. The van der Waals surface area contributed by atoms with E-state index in [2.05, 4.69) is 38.0 Å². The summed E-state index contributed by atoms with van der Waals surface area (Å²) >= 11 is 6.24. The van der Waals surface area contributed by atoms with E-state index < -0.39 is 0 Å². The molecule has 0 saturated carbocycles. The number of ether oxygens (including phenoxy) is 1. The number of nitrogens with zero attached hydrogens (tertiary/aromatic N) is 4. The quantitative estimate of drug-likeness (QED) is 0.521. The highest BCUT2D eigenvalue weighted by molar-refractivity contribution is 6.32. The molecule has 164 valence electrons. The third-order valence-electron chi connectivity index (χ3n) is 5.31. The topological polar surface area (TPSA) is 95.3 Å². The van der Waals surface area contributed by atoms with Gasteiger partial charge in [0.1, 0.15) is 5.75 Å². The Bertz CT molecular complexity index is 1210. The van der Waals surface area contributed by atoms with Crippen molar-refractivity contribution in [2.75, 3.05) is 37.5 Å². The highest BCUT2D eigenvalue weighted by Crippen LogP contribution is 2.31. The van der Waals surface area contributed by atoms with Crippen LogP contribution in [0.2, 0.25) is 5.02 Å². The average Bonchev–Trinajstić information content (AvgIpc) is 2.83. The van der Waals surface area contributed by atoms with Gasteiger partial charge in [0.15, 0.2) is 11.6 Å². The van der Waals surface area contributed by atoms with Gasteiger partial charge in [-0.1, -0.05) is 17.7 Å². The van der Waals surface area contributed by atoms with Crippen LogP contribution in [0.4, 0.5) is 11.6 Å². The molecule has 1 aliphatic heterocycles. The van der Waals surface area contributed by atoms with Gasteiger partial charge in [0.25, 0.3) is 0 Å². The minimum absolute atomic E-state index is 0.502. The Hall–Kier alpha value is -3.54. The van der Waals surface area contributed by atoms with Crippen molar-refractivity contribution in [3.8, 4) is 11.8 Å². The Labute approximate surface area is 191 Å². The summed E-state index contributed by atoms with van der Waals surface area (Å²) < 4.78 is 5.21. The van der Waals surface area contributed by atoms with Crippen molar-refractivity contribution < 1.29 is 9.57 Å². The molecule has 0 fully saturated rings. The number of benzene rings is 2. The fourth-order valence-corrected chi connectivity index (χ4v) is 3.95. The summed E-state index contributed by atoms with van der Waals surface area (Å²) in [4.78, 5) is 7.16. The molecule has 2 aromatic carbocycles. The Balaban J connectivity index is 1.63. The third kappa shape index (κ3) is 4.54. The molecule has 0 spiro atoms. The molecule has 9 heteroatoms. The molecule has 8 nitrogen and oxygen atoms in total. The normalized spacial score (nSPS) is 13.4. The first-order valence-corrected chi connectivity index (χ1v) is 10.5. The zero-order valence-electron chi connectivity index (χ0n) is 17.9. The van der Waals surface area contributed by atoms with E-state index in [1.165, 1.54) is 0 Å². The Morgan fingerprint density at radius 3 is 2.72 bits per heavy atom. The lowest BCUT2D eigenvalue weighted by molar-refractivity contribution is 0.114. The van der Waals surface area contributed by atoms with Crippen molar-refractivity contribution in [2.45, 2.75) is 13.0 Å². The lowest BCUT2D eigenvalue weighted by atomic mass is 10.1. The molecule has 0 unspecified atom stereocenters. The first-order valence-electron chi connectivity index (χ1n) is 10.1. The number of nitriles is 1. The van der Waals surface area contributed by atoms with E-state index in [0.717, 1.165) is 40.8 Å². The molecular weight excluding hydrogens is 428 g/mol. The number of rotatable bonds is 7. The largest absolute Gasteiger partial charge is 0.495 e. The lowest BCUT2D eigenvalue weighted by Crippen LogP contribution is -2.32. The Kier molecular flexibility index (Phi) is 6.59. The summed E-state index contributed by atoms with van der Waals surface area (Å²) in [5.41, 5.74) is 5.49. The monoisotopic (exact) mass is 450 g/mol. The van der Waals surface area contributed by atoms with Gasteiger partial charge in [0.05, 0.1) is 30.9 Å². The second kappa shape index (κ2) is 9.73. The van der Waals surface area contributed by atoms with Crippen molar-refractivity contribution in [1.29, 1.82) is 5.26 Å². The van der Waals surface area contributed by atoms with Crippen LogP contribution in [0.15, 0.2) is 48.2 Å². The first-order chi connectivity index (χ1) is 15.6. The maximum absolute atomic E-state index is 9.40. The van der Waals surface area contributed by atoms with Gasteiger partial charge in [0.2, 0.25) is 0 Å². The molecule has 32 heavy (non-hydrogen) atoms. The number of nitrogens with one attached hydrogen (secondary N) is 2. The second-order valence-corrected chi connectivity index (χ2v) is 7.71. The Morgan fingerprint density at radius 2 is 2.03 bits per heavy atom. The van der Waals surface area contributed by atoms with Crippen molar-refractivity contribution in [2.24, 2.45) is 0 Å². The second-order valence-electron chi connectivity index (χ2n) is 7.30. The van der Waals surface area contributed by atoms with Gasteiger partial charge >= 0.3 is 0 Å². The molecule has 0 amide bonds. The fraction of sp³-hybridized carbons (Fsp3) is 0.261. The van der Waals surface area contributed by atoms with Crippen LogP contribution in [0.25, 0.3) is 10.8 Å². The van der Waals surface area contributed by atoms with E-state index in [-0.39, 0.29) is 0 Å². The maximum Gasteiger partial charge on any atom is 0.159 e. The van der Waals surface area contributed by atoms with Crippen LogP contribution < -0.4 is 20.4 Å². The van der Waals surface area contributed by atoms with Crippen molar-refractivity contribution >= 4 is 34.0 Å². The summed E-state index contributed by atoms with van der Waals surface area (Å²) in [7, 11) is 3.19. The van der Waals surface area contributed by atoms with Crippen LogP contribution >= 0.6 is 11.6 Å².